The molecule has 2 rings (SSSR count). The van der Waals surface area contributed by atoms with E-state index in [2.05, 4.69) is 5.10 Å². The van der Waals surface area contributed by atoms with Crippen LogP contribution in [0.1, 0.15) is 41.7 Å². The molecule has 5 nitrogen and oxygen atoms in total. The molecule has 1 heterocycles. The van der Waals surface area contributed by atoms with Gasteiger partial charge in [-0.25, -0.2) is 4.79 Å². The lowest BCUT2D eigenvalue weighted by Crippen LogP contribution is -2.16. The molecule has 106 valence electrons. The van der Waals surface area contributed by atoms with Gasteiger partial charge in [-0.2, -0.15) is 5.10 Å². The van der Waals surface area contributed by atoms with Gasteiger partial charge in [0.1, 0.15) is 6.10 Å². The highest BCUT2D eigenvalue weighted by Gasteiger charge is 2.22. The second kappa shape index (κ2) is 5.77. The fourth-order valence-electron chi connectivity index (χ4n) is 2.05. The van der Waals surface area contributed by atoms with Gasteiger partial charge >= 0.3 is 5.97 Å². The zero-order chi connectivity index (χ0) is 14.7. The summed E-state index contributed by atoms with van der Waals surface area (Å²) < 4.78 is 7.05. The van der Waals surface area contributed by atoms with Crippen LogP contribution < -0.4 is 5.73 Å². The molecular formula is C15H19N3O2. The van der Waals surface area contributed by atoms with Gasteiger partial charge in [0.05, 0.1) is 11.4 Å². The van der Waals surface area contributed by atoms with E-state index in [0.29, 0.717) is 23.6 Å². The van der Waals surface area contributed by atoms with Crippen LogP contribution >= 0.6 is 0 Å². The van der Waals surface area contributed by atoms with E-state index in [0.717, 1.165) is 5.56 Å². The molecule has 1 atom stereocenters. The topological polar surface area (TPSA) is 70.1 Å². The van der Waals surface area contributed by atoms with Crippen LogP contribution in [0.3, 0.4) is 0 Å². The van der Waals surface area contributed by atoms with Gasteiger partial charge in [0.15, 0.2) is 5.69 Å². The van der Waals surface area contributed by atoms with Crippen molar-refractivity contribution in [3.05, 3.63) is 47.3 Å². The summed E-state index contributed by atoms with van der Waals surface area (Å²) in [5.74, 6) is -0.443. The molecule has 0 aliphatic carbocycles. The number of hydrogen-bond acceptors (Lipinski definition) is 4. The van der Waals surface area contributed by atoms with Crippen molar-refractivity contribution in [3.63, 3.8) is 0 Å². The van der Waals surface area contributed by atoms with E-state index in [1.165, 1.54) is 0 Å². The van der Waals surface area contributed by atoms with Gasteiger partial charge in [-0.15, -0.1) is 0 Å². The molecule has 0 aliphatic rings. The summed E-state index contributed by atoms with van der Waals surface area (Å²) in [4.78, 5) is 12.3. The van der Waals surface area contributed by atoms with Gasteiger partial charge in [-0.1, -0.05) is 30.3 Å². The third-order valence-electron chi connectivity index (χ3n) is 3.22. The minimum Gasteiger partial charge on any atom is -0.453 e. The lowest BCUT2D eigenvalue weighted by Gasteiger charge is -2.14. The third-order valence-corrected chi connectivity index (χ3v) is 3.22. The molecule has 0 amide bonds. The molecule has 1 aromatic heterocycles. The van der Waals surface area contributed by atoms with Crippen LogP contribution in [0.4, 0.5) is 5.69 Å². The Kier molecular flexibility index (Phi) is 4.08. The smallest absolute Gasteiger partial charge is 0.359 e. The summed E-state index contributed by atoms with van der Waals surface area (Å²) in [6.45, 7) is 6.09. The first-order chi connectivity index (χ1) is 9.54. The number of carbonyl (C=O) groups is 1. The highest BCUT2D eigenvalue weighted by atomic mass is 16.5. The number of ether oxygens (including phenoxy) is 1. The van der Waals surface area contributed by atoms with Gasteiger partial charge in [0, 0.05) is 6.54 Å². The minimum atomic E-state index is -0.443. The van der Waals surface area contributed by atoms with Gasteiger partial charge in [0.2, 0.25) is 0 Å². The quantitative estimate of drug-likeness (QED) is 0.869. The van der Waals surface area contributed by atoms with Crippen molar-refractivity contribution >= 4 is 11.7 Å². The maximum Gasteiger partial charge on any atom is 0.359 e. The highest BCUT2D eigenvalue weighted by Crippen LogP contribution is 2.22. The van der Waals surface area contributed by atoms with Crippen LogP contribution in [0, 0.1) is 6.92 Å². The lowest BCUT2D eigenvalue weighted by molar-refractivity contribution is 0.0325. The number of carbonyl (C=O) groups excluding carboxylic acids is 1. The van der Waals surface area contributed by atoms with Crippen LogP contribution in [0.2, 0.25) is 0 Å². The first-order valence-corrected chi connectivity index (χ1v) is 6.63. The Hall–Kier alpha value is -2.30. The standard InChI is InChI=1S/C15H19N3O2/c1-4-18-14(13(16)10(2)17-18)15(19)20-11(3)12-8-6-5-7-9-12/h5-9,11H,4,16H2,1-3H3. The third kappa shape index (κ3) is 2.66. The molecule has 0 bridgehead atoms. The molecule has 20 heavy (non-hydrogen) atoms. The van der Waals surface area contributed by atoms with Crippen LogP contribution in [-0.4, -0.2) is 15.7 Å². The molecule has 0 radical (unpaired) electrons. The first-order valence-electron chi connectivity index (χ1n) is 6.63. The second-order valence-corrected chi connectivity index (χ2v) is 4.62. The summed E-state index contributed by atoms with van der Waals surface area (Å²) in [5.41, 5.74) is 8.21. The Morgan fingerprint density at radius 1 is 1.40 bits per heavy atom. The fraction of sp³-hybridized carbons (Fsp3) is 0.333. The van der Waals surface area contributed by atoms with Crippen LogP contribution in [0.25, 0.3) is 0 Å². The van der Waals surface area contributed by atoms with Crippen molar-refractivity contribution in [1.82, 2.24) is 9.78 Å². The molecule has 5 heteroatoms. The van der Waals surface area contributed by atoms with E-state index < -0.39 is 5.97 Å². The summed E-state index contributed by atoms with van der Waals surface area (Å²) in [7, 11) is 0. The molecule has 0 spiro atoms. The molecule has 1 unspecified atom stereocenters. The Morgan fingerprint density at radius 2 is 2.05 bits per heavy atom. The predicted octanol–water partition coefficient (Wildman–Crippen LogP) is 2.71. The van der Waals surface area contributed by atoms with Crippen molar-refractivity contribution < 1.29 is 9.53 Å². The number of esters is 1. The number of aromatic nitrogens is 2. The Labute approximate surface area is 118 Å². The molecule has 0 fully saturated rings. The lowest BCUT2D eigenvalue weighted by atomic mass is 10.1. The monoisotopic (exact) mass is 273 g/mol. The first kappa shape index (κ1) is 14.1. The van der Waals surface area contributed by atoms with Gasteiger partial charge in [0.25, 0.3) is 0 Å². The highest BCUT2D eigenvalue weighted by molar-refractivity contribution is 5.94. The maximum absolute atomic E-state index is 12.3. The average molecular weight is 273 g/mol. The molecule has 2 N–H and O–H groups in total. The van der Waals surface area contributed by atoms with Crippen molar-refractivity contribution in [3.8, 4) is 0 Å². The van der Waals surface area contributed by atoms with Gasteiger partial charge in [-0.3, -0.25) is 4.68 Å². The minimum absolute atomic E-state index is 0.327. The Morgan fingerprint density at radius 3 is 2.65 bits per heavy atom. The average Bonchev–Trinajstić information content (AvgIpc) is 2.75. The number of nitrogens with zero attached hydrogens (tertiary/aromatic N) is 2. The van der Waals surface area contributed by atoms with Crippen molar-refractivity contribution in [2.24, 2.45) is 0 Å². The number of anilines is 1. The number of hydrogen-bond donors (Lipinski definition) is 1. The maximum atomic E-state index is 12.3. The second-order valence-electron chi connectivity index (χ2n) is 4.62. The number of nitrogens with two attached hydrogens (primary N) is 1. The number of benzene rings is 1. The zero-order valence-electron chi connectivity index (χ0n) is 12.0. The SMILES string of the molecule is CCn1nc(C)c(N)c1C(=O)OC(C)c1ccccc1. The summed E-state index contributed by atoms with van der Waals surface area (Å²) >= 11 is 0. The van der Waals surface area contributed by atoms with Gasteiger partial charge < -0.3 is 10.5 Å². The molecule has 1 aromatic carbocycles. The van der Waals surface area contributed by atoms with Crippen LogP contribution in [0.15, 0.2) is 30.3 Å². The fourth-order valence-corrected chi connectivity index (χ4v) is 2.05. The molecule has 2 aromatic rings. The number of rotatable bonds is 4. The van der Waals surface area contributed by atoms with E-state index in [1.54, 1.807) is 11.6 Å². The van der Waals surface area contributed by atoms with Crippen LogP contribution in [0.5, 0.6) is 0 Å². The van der Waals surface area contributed by atoms with Crippen molar-refractivity contribution in [2.45, 2.75) is 33.4 Å². The number of aryl methyl sites for hydroxylation is 2. The van der Waals surface area contributed by atoms with Crippen LogP contribution in [-0.2, 0) is 11.3 Å². The molecule has 0 saturated heterocycles. The van der Waals surface area contributed by atoms with E-state index >= 15 is 0 Å². The Bertz CT molecular complexity index is 605. The zero-order valence-corrected chi connectivity index (χ0v) is 12.0. The van der Waals surface area contributed by atoms with E-state index in [1.807, 2.05) is 44.2 Å². The Balaban J connectivity index is 2.21. The molecular weight excluding hydrogens is 254 g/mol. The largest absolute Gasteiger partial charge is 0.453 e. The van der Waals surface area contributed by atoms with E-state index in [9.17, 15) is 4.79 Å². The van der Waals surface area contributed by atoms with Crippen molar-refractivity contribution in [1.29, 1.82) is 0 Å². The number of nitrogen functional groups attached to an aromatic ring is 1. The summed E-state index contributed by atoms with van der Waals surface area (Å²) in [6, 6.07) is 9.59. The normalized spacial score (nSPS) is 12.2. The summed E-state index contributed by atoms with van der Waals surface area (Å²) in [5, 5.41) is 4.22. The van der Waals surface area contributed by atoms with E-state index in [-0.39, 0.29) is 6.10 Å². The summed E-state index contributed by atoms with van der Waals surface area (Å²) in [6.07, 6.45) is -0.330. The van der Waals surface area contributed by atoms with E-state index in [4.69, 9.17) is 10.5 Å². The van der Waals surface area contributed by atoms with Crippen molar-refractivity contribution in [2.75, 3.05) is 5.73 Å². The van der Waals surface area contributed by atoms with Gasteiger partial charge in [-0.05, 0) is 26.3 Å². The molecule has 0 saturated carbocycles. The predicted molar refractivity (Wildman–Crippen MR) is 77.3 cm³/mol. The molecule has 0 aliphatic heterocycles.